The van der Waals surface area contributed by atoms with Crippen LogP contribution in [0.1, 0.15) is 58.4 Å². The predicted molar refractivity (Wildman–Crippen MR) is 90.5 cm³/mol. The molecule has 1 atom stereocenters. The molecule has 1 aliphatic carbocycles. The number of carboxylic acid groups (broad SMARTS) is 1. The summed E-state index contributed by atoms with van der Waals surface area (Å²) in [6.45, 7) is 2.65. The lowest BCUT2D eigenvalue weighted by Crippen LogP contribution is -2.40. The minimum atomic E-state index is -0.989. The summed E-state index contributed by atoms with van der Waals surface area (Å²) in [5.41, 5.74) is -0.219. The lowest BCUT2D eigenvalue weighted by atomic mass is 9.88. The van der Waals surface area contributed by atoms with Gasteiger partial charge in [0.15, 0.2) is 0 Å². The highest BCUT2D eigenvalue weighted by molar-refractivity contribution is 7.13. The van der Waals surface area contributed by atoms with Gasteiger partial charge in [-0.3, -0.25) is 9.59 Å². The molecule has 1 saturated heterocycles. The van der Waals surface area contributed by atoms with Crippen LogP contribution >= 0.6 is 11.3 Å². The number of aliphatic carboxylic acids is 1. The Bertz CT molecular complexity index is 639. The zero-order chi connectivity index (χ0) is 17.3. The van der Waals surface area contributed by atoms with Gasteiger partial charge in [-0.2, -0.15) is 0 Å². The summed E-state index contributed by atoms with van der Waals surface area (Å²) < 4.78 is 5.09. The molecule has 1 aromatic rings. The smallest absolute Gasteiger partial charge is 0.313 e. The van der Waals surface area contributed by atoms with E-state index in [0.717, 1.165) is 23.5 Å². The Balaban J connectivity index is 1.76. The summed E-state index contributed by atoms with van der Waals surface area (Å²) in [6, 6.07) is 0. The molecular weight excluding hydrogens is 328 g/mol. The molecule has 7 heteroatoms. The fraction of sp³-hybridized carbons (Fsp3) is 0.706. The van der Waals surface area contributed by atoms with Crippen molar-refractivity contribution in [1.29, 1.82) is 0 Å². The van der Waals surface area contributed by atoms with Crippen LogP contribution in [-0.2, 0) is 9.53 Å². The van der Waals surface area contributed by atoms with Gasteiger partial charge in [-0.05, 0) is 26.2 Å². The van der Waals surface area contributed by atoms with Crippen molar-refractivity contribution in [3.05, 3.63) is 15.6 Å². The SMILES string of the molecule is COCC1(C(=O)O)CCN(C(=O)c2sc(C3CCCC3)nc2C)C1. The topological polar surface area (TPSA) is 79.7 Å². The van der Waals surface area contributed by atoms with Crippen molar-refractivity contribution in [2.45, 2.75) is 44.9 Å². The number of carbonyl (C=O) groups is 2. The number of rotatable bonds is 5. The van der Waals surface area contributed by atoms with E-state index >= 15 is 0 Å². The lowest BCUT2D eigenvalue weighted by molar-refractivity contribution is -0.151. The molecular formula is C17H24N2O4S. The molecule has 0 aromatic carbocycles. The van der Waals surface area contributed by atoms with Crippen LogP contribution < -0.4 is 0 Å². The van der Waals surface area contributed by atoms with Crippen molar-refractivity contribution >= 4 is 23.2 Å². The standard InChI is InChI=1S/C17H24N2O4S/c1-11-13(24-14(18-11)12-5-3-4-6-12)15(20)19-8-7-17(9-19,10-23-2)16(21)22/h12H,3-10H2,1-2H3,(H,21,22). The van der Waals surface area contributed by atoms with Gasteiger partial charge in [0.2, 0.25) is 0 Å². The molecule has 1 amide bonds. The first kappa shape index (κ1) is 17.4. The van der Waals surface area contributed by atoms with Crippen LogP contribution in [0.15, 0.2) is 0 Å². The molecule has 24 heavy (non-hydrogen) atoms. The van der Waals surface area contributed by atoms with Crippen LogP contribution in [0, 0.1) is 12.3 Å². The summed E-state index contributed by atoms with van der Waals surface area (Å²) in [5.74, 6) is -0.499. The van der Waals surface area contributed by atoms with Gasteiger partial charge in [0.05, 0.1) is 17.3 Å². The van der Waals surface area contributed by atoms with Gasteiger partial charge < -0.3 is 14.7 Å². The van der Waals surface area contributed by atoms with Crippen molar-refractivity contribution < 1.29 is 19.4 Å². The summed E-state index contributed by atoms with van der Waals surface area (Å²) in [4.78, 5) is 31.4. The number of aromatic nitrogens is 1. The zero-order valence-corrected chi connectivity index (χ0v) is 15.0. The molecule has 1 saturated carbocycles. The van der Waals surface area contributed by atoms with Crippen molar-refractivity contribution in [3.8, 4) is 0 Å². The molecule has 0 radical (unpaired) electrons. The van der Waals surface area contributed by atoms with E-state index in [4.69, 9.17) is 4.74 Å². The van der Waals surface area contributed by atoms with Gasteiger partial charge in [0.1, 0.15) is 10.3 Å². The van der Waals surface area contributed by atoms with E-state index in [0.29, 0.717) is 23.8 Å². The van der Waals surface area contributed by atoms with E-state index in [1.54, 1.807) is 4.90 Å². The van der Waals surface area contributed by atoms with Crippen molar-refractivity contribution in [2.24, 2.45) is 5.41 Å². The molecule has 6 nitrogen and oxygen atoms in total. The number of hydrogen-bond acceptors (Lipinski definition) is 5. The second kappa shape index (κ2) is 6.80. The van der Waals surface area contributed by atoms with E-state index in [-0.39, 0.29) is 19.1 Å². The van der Waals surface area contributed by atoms with Gasteiger partial charge in [-0.15, -0.1) is 11.3 Å². The average Bonchev–Trinajstić information content (AvgIpc) is 3.26. The number of aryl methyl sites for hydroxylation is 1. The Morgan fingerprint density at radius 1 is 1.42 bits per heavy atom. The highest BCUT2D eigenvalue weighted by Gasteiger charge is 2.47. The number of likely N-dealkylation sites (tertiary alicyclic amines) is 1. The summed E-state index contributed by atoms with van der Waals surface area (Å²) >= 11 is 1.49. The molecule has 3 rings (SSSR count). The van der Waals surface area contributed by atoms with E-state index in [1.807, 2.05) is 6.92 Å². The molecule has 2 heterocycles. The number of amides is 1. The third kappa shape index (κ3) is 3.07. The van der Waals surface area contributed by atoms with Crippen molar-refractivity contribution in [2.75, 3.05) is 26.8 Å². The summed E-state index contributed by atoms with van der Waals surface area (Å²) in [7, 11) is 1.50. The number of thiazole rings is 1. The van der Waals surface area contributed by atoms with Crippen LogP contribution in [-0.4, -0.2) is 53.7 Å². The molecule has 2 fully saturated rings. The molecule has 1 N–H and O–H groups in total. The van der Waals surface area contributed by atoms with Crippen LogP contribution in [0.2, 0.25) is 0 Å². The first-order valence-electron chi connectivity index (χ1n) is 8.46. The summed E-state index contributed by atoms with van der Waals surface area (Å²) in [5, 5.41) is 10.6. The lowest BCUT2D eigenvalue weighted by Gasteiger charge is -2.23. The van der Waals surface area contributed by atoms with Crippen molar-refractivity contribution in [1.82, 2.24) is 9.88 Å². The third-order valence-corrected chi connectivity index (χ3v) is 6.54. The Morgan fingerprint density at radius 3 is 2.75 bits per heavy atom. The van der Waals surface area contributed by atoms with Gasteiger partial charge >= 0.3 is 5.97 Å². The second-order valence-corrected chi connectivity index (χ2v) is 7.97. The maximum Gasteiger partial charge on any atom is 0.313 e. The minimum Gasteiger partial charge on any atom is -0.481 e. The van der Waals surface area contributed by atoms with Crippen molar-refractivity contribution in [3.63, 3.8) is 0 Å². The Labute approximate surface area is 145 Å². The Hall–Kier alpha value is -1.47. The number of hydrogen-bond donors (Lipinski definition) is 1. The van der Waals surface area contributed by atoms with Gasteiger partial charge in [0, 0.05) is 26.1 Å². The molecule has 132 valence electrons. The number of carboxylic acids is 1. The van der Waals surface area contributed by atoms with Crippen LogP contribution in [0.25, 0.3) is 0 Å². The highest BCUT2D eigenvalue weighted by Crippen LogP contribution is 2.38. The monoisotopic (exact) mass is 352 g/mol. The average molecular weight is 352 g/mol. The molecule has 1 unspecified atom stereocenters. The fourth-order valence-corrected chi connectivity index (χ4v) is 4.99. The van der Waals surface area contributed by atoms with Gasteiger partial charge in [0.25, 0.3) is 5.91 Å². The van der Waals surface area contributed by atoms with Crippen LogP contribution in [0.3, 0.4) is 0 Å². The predicted octanol–water partition coefficient (Wildman–Crippen LogP) is 2.67. The maximum absolute atomic E-state index is 12.9. The fourth-order valence-electron chi connectivity index (χ4n) is 3.78. The molecule has 0 spiro atoms. The zero-order valence-electron chi connectivity index (χ0n) is 14.2. The van der Waals surface area contributed by atoms with E-state index in [9.17, 15) is 14.7 Å². The number of nitrogens with zero attached hydrogens (tertiary/aromatic N) is 2. The second-order valence-electron chi connectivity index (χ2n) is 6.94. The number of carbonyl (C=O) groups excluding carboxylic acids is 1. The third-order valence-electron chi connectivity index (χ3n) is 5.23. The summed E-state index contributed by atoms with van der Waals surface area (Å²) in [6.07, 6.45) is 5.20. The maximum atomic E-state index is 12.9. The van der Waals surface area contributed by atoms with E-state index in [1.165, 1.54) is 31.3 Å². The van der Waals surface area contributed by atoms with Gasteiger partial charge in [-0.25, -0.2) is 4.98 Å². The first-order valence-corrected chi connectivity index (χ1v) is 9.27. The normalized spacial score (nSPS) is 24.7. The van der Waals surface area contributed by atoms with Crippen LogP contribution in [0.5, 0.6) is 0 Å². The van der Waals surface area contributed by atoms with Crippen LogP contribution in [0.4, 0.5) is 0 Å². The molecule has 1 aliphatic heterocycles. The van der Waals surface area contributed by atoms with Gasteiger partial charge in [-0.1, -0.05) is 12.8 Å². The Morgan fingerprint density at radius 2 is 2.12 bits per heavy atom. The minimum absolute atomic E-state index is 0.0894. The first-order chi connectivity index (χ1) is 11.5. The van der Waals surface area contributed by atoms with E-state index in [2.05, 4.69) is 4.98 Å². The van der Waals surface area contributed by atoms with E-state index < -0.39 is 11.4 Å². The number of methoxy groups -OCH3 is 1. The quantitative estimate of drug-likeness (QED) is 0.881. The largest absolute Gasteiger partial charge is 0.481 e. The highest BCUT2D eigenvalue weighted by atomic mass is 32.1. The Kier molecular flexibility index (Phi) is 4.92. The molecule has 2 aliphatic rings. The molecule has 0 bridgehead atoms. The number of ether oxygens (including phenoxy) is 1. The molecule has 1 aromatic heterocycles.